The number of fused-ring (bicyclic) bond motifs is 3. The molecule has 0 bridgehead atoms. The molecule has 3 heterocycles. The lowest BCUT2D eigenvalue weighted by molar-refractivity contribution is -0.118. The quantitative estimate of drug-likeness (QED) is 0.344. The van der Waals surface area contributed by atoms with Crippen LogP contribution >= 0.6 is 11.6 Å². The normalized spacial score (nSPS) is 18.3. The van der Waals surface area contributed by atoms with E-state index < -0.39 is 5.92 Å². The number of allylic oxidation sites excluding steroid dienone is 2. The van der Waals surface area contributed by atoms with Crippen LogP contribution in [0.25, 0.3) is 5.65 Å². The lowest BCUT2D eigenvalue weighted by Gasteiger charge is -2.37. The fraction of sp³-hybridized carbons (Fsp3) is 0.286. The summed E-state index contributed by atoms with van der Waals surface area (Å²) in [5.74, 6) is 2.68. The van der Waals surface area contributed by atoms with Gasteiger partial charge in [0.15, 0.2) is 17.3 Å². The topological polar surface area (TPSA) is 87.8 Å². The van der Waals surface area contributed by atoms with Gasteiger partial charge in [0.25, 0.3) is 0 Å². The number of nitrogens with zero attached hydrogens (tertiary/aromatic N) is 4. The summed E-state index contributed by atoms with van der Waals surface area (Å²) in [5.41, 5.74) is 2.69. The molecule has 2 aromatic carbocycles. The van der Waals surface area contributed by atoms with Crippen LogP contribution in [0.15, 0.2) is 66.2 Å². The Morgan fingerprint density at radius 1 is 1.08 bits per heavy atom. The second-order valence-corrected chi connectivity index (χ2v) is 10.5. The van der Waals surface area contributed by atoms with E-state index in [2.05, 4.69) is 23.9 Å². The molecule has 37 heavy (non-hydrogen) atoms. The lowest BCUT2D eigenvalue weighted by Crippen LogP contribution is -2.33. The molecule has 0 saturated heterocycles. The van der Waals surface area contributed by atoms with E-state index in [0.717, 1.165) is 11.3 Å². The third-order valence-electron chi connectivity index (χ3n) is 6.74. The number of benzene rings is 2. The Morgan fingerprint density at radius 2 is 1.81 bits per heavy atom. The van der Waals surface area contributed by atoms with Gasteiger partial charge >= 0.3 is 0 Å². The van der Waals surface area contributed by atoms with Crippen molar-refractivity contribution in [3.63, 3.8) is 0 Å². The average Bonchev–Trinajstić information content (AvgIpc) is 3.30. The molecule has 4 aromatic rings. The van der Waals surface area contributed by atoms with Crippen LogP contribution in [0.2, 0.25) is 5.02 Å². The molecule has 188 valence electrons. The third-order valence-corrected chi connectivity index (χ3v) is 6.99. The summed E-state index contributed by atoms with van der Waals surface area (Å²) in [5, 5.41) is 5.20. The molecule has 0 saturated carbocycles. The van der Waals surface area contributed by atoms with E-state index in [4.69, 9.17) is 30.8 Å². The first-order chi connectivity index (χ1) is 17.8. The predicted molar refractivity (Wildman–Crippen MR) is 137 cm³/mol. The van der Waals surface area contributed by atoms with E-state index in [1.165, 1.54) is 0 Å². The maximum Gasteiger partial charge on any atom is 0.228 e. The number of hydrogen-bond acceptors (Lipinski definition) is 7. The lowest BCUT2D eigenvalue weighted by atomic mass is 9.70. The molecular weight excluding hydrogens is 492 g/mol. The first-order valence-corrected chi connectivity index (χ1v) is 12.4. The molecule has 1 aliphatic heterocycles. The number of aromatic nitrogens is 4. The number of carbonyl (C=O) groups is 1. The summed E-state index contributed by atoms with van der Waals surface area (Å²) in [7, 11) is 1.63. The van der Waals surface area contributed by atoms with Gasteiger partial charge in [0, 0.05) is 29.4 Å². The molecule has 1 aliphatic carbocycles. The Bertz CT molecular complexity index is 1540. The zero-order valence-corrected chi connectivity index (χ0v) is 21.5. The van der Waals surface area contributed by atoms with Crippen molar-refractivity contribution < 1.29 is 19.0 Å². The van der Waals surface area contributed by atoms with Crippen molar-refractivity contribution in [2.45, 2.75) is 39.2 Å². The molecule has 0 amide bonds. The van der Waals surface area contributed by atoms with E-state index in [1.807, 2.05) is 24.3 Å². The maximum atomic E-state index is 13.5. The molecule has 0 fully saturated rings. The molecule has 2 aliphatic rings. The zero-order valence-electron chi connectivity index (χ0n) is 20.7. The minimum absolute atomic E-state index is 0.0746. The van der Waals surface area contributed by atoms with Crippen LogP contribution in [0.5, 0.6) is 17.4 Å². The van der Waals surface area contributed by atoms with E-state index in [1.54, 1.807) is 42.2 Å². The van der Waals surface area contributed by atoms with Gasteiger partial charge in [0.2, 0.25) is 5.88 Å². The summed E-state index contributed by atoms with van der Waals surface area (Å²) >= 11 is 5.97. The molecule has 1 unspecified atom stereocenters. The van der Waals surface area contributed by atoms with E-state index in [-0.39, 0.29) is 17.8 Å². The van der Waals surface area contributed by atoms with Gasteiger partial charge in [0.05, 0.1) is 12.7 Å². The molecular formula is C28H25ClN4O4. The molecule has 8 nitrogen and oxygen atoms in total. The summed E-state index contributed by atoms with van der Waals surface area (Å²) in [6.07, 6.45) is 2.68. The van der Waals surface area contributed by atoms with E-state index in [0.29, 0.717) is 57.9 Å². The van der Waals surface area contributed by atoms with Gasteiger partial charge in [0.1, 0.15) is 30.2 Å². The largest absolute Gasteiger partial charge is 0.497 e. The fourth-order valence-corrected chi connectivity index (χ4v) is 5.19. The Balaban J connectivity index is 1.45. The number of methoxy groups -OCH3 is 1. The second kappa shape index (κ2) is 8.88. The van der Waals surface area contributed by atoms with Crippen molar-refractivity contribution in [3.05, 3.63) is 88.2 Å². The fourth-order valence-electron chi connectivity index (χ4n) is 5.06. The molecule has 0 N–H and O–H groups in total. The van der Waals surface area contributed by atoms with Gasteiger partial charge < -0.3 is 14.2 Å². The molecule has 6 rings (SSSR count). The Morgan fingerprint density at radius 3 is 2.54 bits per heavy atom. The summed E-state index contributed by atoms with van der Waals surface area (Å²) in [6.45, 7) is 4.32. The number of halogens is 1. The maximum absolute atomic E-state index is 13.5. The highest BCUT2D eigenvalue weighted by Crippen LogP contribution is 2.50. The molecule has 0 spiro atoms. The first kappa shape index (κ1) is 23.5. The Hall–Kier alpha value is -3.91. The number of hydrogen-bond donors (Lipinski definition) is 0. The van der Waals surface area contributed by atoms with Crippen molar-refractivity contribution in [1.82, 2.24) is 19.6 Å². The molecule has 1 atom stereocenters. The summed E-state index contributed by atoms with van der Waals surface area (Å²) < 4.78 is 19.1. The number of carbonyl (C=O) groups excluding carboxylic acids is 1. The smallest absolute Gasteiger partial charge is 0.228 e. The minimum Gasteiger partial charge on any atom is -0.497 e. The predicted octanol–water partition coefficient (Wildman–Crippen LogP) is 5.53. The SMILES string of the molecule is COc1ccc(C2C3=C(CC(C)(C)CC3=O)Oc3ncn4nc(COc5ccc(Cl)cc5)nc4c32)cc1. The summed E-state index contributed by atoms with van der Waals surface area (Å²) in [4.78, 5) is 22.9. The van der Waals surface area contributed by atoms with Crippen LogP contribution in [0.1, 0.15) is 49.6 Å². The average molecular weight is 517 g/mol. The highest BCUT2D eigenvalue weighted by Gasteiger charge is 2.44. The van der Waals surface area contributed by atoms with Gasteiger partial charge in [-0.1, -0.05) is 37.6 Å². The molecule has 9 heteroatoms. The third kappa shape index (κ3) is 4.31. The highest BCUT2D eigenvalue weighted by molar-refractivity contribution is 6.30. The van der Waals surface area contributed by atoms with Crippen LogP contribution in [0, 0.1) is 5.41 Å². The van der Waals surface area contributed by atoms with Crippen molar-refractivity contribution in [2.24, 2.45) is 5.41 Å². The minimum atomic E-state index is -0.390. The van der Waals surface area contributed by atoms with Gasteiger partial charge in [-0.25, -0.2) is 14.5 Å². The number of ether oxygens (including phenoxy) is 3. The van der Waals surface area contributed by atoms with Crippen molar-refractivity contribution in [2.75, 3.05) is 7.11 Å². The van der Waals surface area contributed by atoms with Crippen molar-refractivity contribution in [3.8, 4) is 17.4 Å². The van der Waals surface area contributed by atoms with Crippen LogP contribution in [0.4, 0.5) is 0 Å². The number of ketones is 1. The monoisotopic (exact) mass is 516 g/mol. The van der Waals surface area contributed by atoms with Crippen LogP contribution in [-0.4, -0.2) is 32.5 Å². The highest BCUT2D eigenvalue weighted by atomic mass is 35.5. The van der Waals surface area contributed by atoms with Crippen LogP contribution in [0.3, 0.4) is 0 Å². The zero-order chi connectivity index (χ0) is 25.7. The first-order valence-electron chi connectivity index (χ1n) is 12.0. The van der Waals surface area contributed by atoms with Gasteiger partial charge in [-0.05, 0) is 47.4 Å². The molecule has 2 aromatic heterocycles. The van der Waals surface area contributed by atoms with Gasteiger partial charge in [-0.2, -0.15) is 0 Å². The van der Waals surface area contributed by atoms with E-state index in [9.17, 15) is 4.79 Å². The Kier molecular flexibility index (Phi) is 5.64. The number of Topliss-reactive ketones (excluding diaryl/α,β-unsaturated/α-hetero) is 1. The van der Waals surface area contributed by atoms with Gasteiger partial charge in [-0.15, -0.1) is 5.10 Å². The number of rotatable bonds is 5. The van der Waals surface area contributed by atoms with Gasteiger partial charge in [-0.3, -0.25) is 4.79 Å². The van der Waals surface area contributed by atoms with Crippen LogP contribution in [-0.2, 0) is 11.4 Å². The van der Waals surface area contributed by atoms with Crippen molar-refractivity contribution in [1.29, 1.82) is 0 Å². The van der Waals surface area contributed by atoms with E-state index >= 15 is 0 Å². The molecule has 0 radical (unpaired) electrons. The Labute approximate surface area is 218 Å². The second-order valence-electron chi connectivity index (χ2n) is 10.1. The summed E-state index contributed by atoms with van der Waals surface area (Å²) in [6, 6.07) is 14.8. The van der Waals surface area contributed by atoms with Crippen molar-refractivity contribution >= 4 is 23.0 Å². The van der Waals surface area contributed by atoms with Crippen LogP contribution < -0.4 is 14.2 Å². The standard InChI is InChI=1S/C28H25ClN4O4/c1-28(2)12-20(34)24-21(13-28)37-27-25(23(24)16-4-8-18(35-3)9-5-16)26-31-22(32-33(26)15-30-27)14-36-19-10-6-17(29)7-11-19/h4-11,15,23H,12-14H2,1-3H3.